The lowest BCUT2D eigenvalue weighted by atomic mass is 9.53. The number of aromatic nitrogens is 2. The minimum Gasteiger partial charge on any atom is -0.392 e. The van der Waals surface area contributed by atoms with E-state index in [1.54, 1.807) is 0 Å². The highest BCUT2D eigenvalue weighted by Gasteiger charge is 2.58. The van der Waals surface area contributed by atoms with Crippen LogP contribution in [-0.2, 0) is 10.0 Å². The summed E-state index contributed by atoms with van der Waals surface area (Å²) in [6.45, 7) is 1.03. The van der Waals surface area contributed by atoms with Crippen LogP contribution in [0.4, 0.5) is 0 Å². The standard InChI is InChI=1S/C19H23N3O3S/c1-26(24,25)21-8-6-19(7-9-21)10-15(18(19)23)17-14-5-3-2-4-13(14)16-11-20-12-22(16)17/h2-5,11-12,15,17-18,23H,6-10H2,1H3/t15-,17+,18+/m1/s1. The molecule has 26 heavy (non-hydrogen) atoms. The summed E-state index contributed by atoms with van der Waals surface area (Å²) >= 11 is 0. The Morgan fingerprint density at radius 2 is 1.96 bits per heavy atom. The Labute approximate surface area is 153 Å². The Morgan fingerprint density at radius 1 is 1.23 bits per heavy atom. The largest absolute Gasteiger partial charge is 0.392 e. The molecule has 3 aliphatic rings. The van der Waals surface area contributed by atoms with Crippen LogP contribution in [0, 0.1) is 11.3 Å². The maximum Gasteiger partial charge on any atom is 0.211 e. The fraction of sp³-hybridized carbons (Fsp3) is 0.526. The minimum absolute atomic E-state index is 0.122. The normalized spacial score (nSPS) is 30.0. The van der Waals surface area contributed by atoms with Crippen molar-refractivity contribution in [3.8, 4) is 11.3 Å². The molecule has 0 radical (unpaired) electrons. The summed E-state index contributed by atoms with van der Waals surface area (Å²) in [6, 6.07) is 8.48. The van der Waals surface area contributed by atoms with E-state index in [0.29, 0.717) is 13.1 Å². The van der Waals surface area contributed by atoms with Crippen LogP contribution in [0.3, 0.4) is 0 Å². The van der Waals surface area contributed by atoms with Gasteiger partial charge < -0.3 is 9.67 Å². The minimum atomic E-state index is -3.14. The first kappa shape index (κ1) is 16.5. The molecular formula is C19H23N3O3S. The van der Waals surface area contributed by atoms with E-state index in [9.17, 15) is 13.5 Å². The van der Waals surface area contributed by atoms with Crippen LogP contribution in [0.1, 0.15) is 30.9 Å². The van der Waals surface area contributed by atoms with Crippen LogP contribution >= 0.6 is 0 Å². The zero-order valence-electron chi connectivity index (χ0n) is 14.7. The summed E-state index contributed by atoms with van der Waals surface area (Å²) in [4.78, 5) is 4.31. The SMILES string of the molecule is CS(=O)(=O)N1CCC2(CC1)C[C@H]([C@@H]1c3ccccc3-c3cncn31)[C@@H]2O. The lowest BCUT2D eigenvalue weighted by Gasteiger charge is -2.57. The van der Waals surface area contributed by atoms with Gasteiger partial charge in [0.1, 0.15) is 0 Å². The smallest absolute Gasteiger partial charge is 0.211 e. The molecule has 6 nitrogen and oxygen atoms in total. The van der Waals surface area contributed by atoms with Crippen molar-refractivity contribution < 1.29 is 13.5 Å². The zero-order valence-corrected chi connectivity index (χ0v) is 15.6. The predicted octanol–water partition coefficient (Wildman–Crippen LogP) is 1.88. The fourth-order valence-corrected chi connectivity index (χ4v) is 6.20. The number of hydrogen-bond acceptors (Lipinski definition) is 4. The maximum absolute atomic E-state index is 11.8. The van der Waals surface area contributed by atoms with Crippen molar-refractivity contribution in [1.82, 2.24) is 13.9 Å². The average Bonchev–Trinajstić information content (AvgIpc) is 3.20. The number of aliphatic hydroxyl groups is 1. The molecule has 2 aromatic rings. The molecule has 1 aromatic carbocycles. The molecule has 0 amide bonds. The van der Waals surface area contributed by atoms with Gasteiger partial charge in [0.15, 0.2) is 0 Å². The molecule has 1 spiro atoms. The van der Waals surface area contributed by atoms with Crippen molar-refractivity contribution >= 4 is 10.0 Å². The molecular weight excluding hydrogens is 350 g/mol. The van der Waals surface area contributed by atoms with Crippen molar-refractivity contribution in [3.05, 3.63) is 42.4 Å². The van der Waals surface area contributed by atoms with E-state index in [1.165, 1.54) is 21.7 Å². The van der Waals surface area contributed by atoms with E-state index in [4.69, 9.17) is 0 Å². The molecule has 1 saturated carbocycles. The first-order chi connectivity index (χ1) is 12.4. The predicted molar refractivity (Wildman–Crippen MR) is 98.0 cm³/mol. The van der Waals surface area contributed by atoms with E-state index >= 15 is 0 Å². The van der Waals surface area contributed by atoms with E-state index < -0.39 is 16.1 Å². The van der Waals surface area contributed by atoms with Gasteiger partial charge >= 0.3 is 0 Å². The monoisotopic (exact) mass is 373 g/mol. The number of aliphatic hydroxyl groups excluding tert-OH is 1. The van der Waals surface area contributed by atoms with Gasteiger partial charge in [-0.05, 0) is 30.2 Å². The summed E-state index contributed by atoms with van der Waals surface area (Å²) in [7, 11) is -3.14. The number of hydrogen-bond donors (Lipinski definition) is 1. The molecule has 5 rings (SSSR count). The number of piperidine rings is 1. The molecule has 1 aromatic heterocycles. The van der Waals surface area contributed by atoms with Gasteiger partial charge in [0.2, 0.25) is 10.0 Å². The van der Waals surface area contributed by atoms with Crippen LogP contribution in [0.25, 0.3) is 11.3 Å². The summed E-state index contributed by atoms with van der Waals surface area (Å²) in [5.41, 5.74) is 3.45. The molecule has 1 N–H and O–H groups in total. The van der Waals surface area contributed by atoms with E-state index in [0.717, 1.165) is 25.0 Å². The quantitative estimate of drug-likeness (QED) is 0.872. The molecule has 7 heteroatoms. The van der Waals surface area contributed by atoms with Gasteiger partial charge in [-0.2, -0.15) is 0 Å². The van der Waals surface area contributed by atoms with Gasteiger partial charge in [-0.25, -0.2) is 17.7 Å². The molecule has 1 aliphatic carbocycles. The van der Waals surface area contributed by atoms with E-state index in [2.05, 4.69) is 27.8 Å². The molecule has 138 valence electrons. The van der Waals surface area contributed by atoms with Gasteiger partial charge in [-0.15, -0.1) is 0 Å². The summed E-state index contributed by atoms with van der Waals surface area (Å²) in [6.07, 6.45) is 7.03. The third kappa shape index (κ3) is 2.17. The van der Waals surface area contributed by atoms with E-state index in [1.807, 2.05) is 18.6 Å². The second-order valence-electron chi connectivity index (χ2n) is 8.06. The van der Waals surface area contributed by atoms with Crippen molar-refractivity contribution in [2.75, 3.05) is 19.3 Å². The molecule has 1 saturated heterocycles. The van der Waals surface area contributed by atoms with Crippen molar-refractivity contribution in [2.45, 2.75) is 31.4 Å². The Kier molecular flexibility index (Phi) is 3.42. The summed E-state index contributed by atoms with van der Waals surface area (Å²) in [5, 5.41) is 11.1. The highest BCUT2D eigenvalue weighted by Crippen LogP contribution is 2.59. The van der Waals surface area contributed by atoms with Crippen molar-refractivity contribution in [3.63, 3.8) is 0 Å². The van der Waals surface area contributed by atoms with Crippen LogP contribution in [0.15, 0.2) is 36.8 Å². The van der Waals surface area contributed by atoms with Crippen molar-refractivity contribution in [1.29, 1.82) is 0 Å². The second kappa shape index (κ2) is 5.41. The zero-order chi connectivity index (χ0) is 18.1. The second-order valence-corrected chi connectivity index (χ2v) is 10.0. The average molecular weight is 373 g/mol. The van der Waals surface area contributed by atoms with Crippen LogP contribution in [0.5, 0.6) is 0 Å². The number of benzene rings is 1. The number of rotatable bonds is 2. The molecule has 3 atom stereocenters. The van der Waals surface area contributed by atoms with Gasteiger partial charge in [0.05, 0.1) is 36.6 Å². The third-order valence-corrected chi connectivity index (χ3v) is 8.09. The third-order valence-electron chi connectivity index (χ3n) is 6.79. The Hall–Kier alpha value is -1.70. The van der Waals surface area contributed by atoms with Crippen LogP contribution in [0.2, 0.25) is 0 Å². The molecule has 2 aliphatic heterocycles. The number of fused-ring (bicyclic) bond motifs is 3. The first-order valence-electron chi connectivity index (χ1n) is 9.15. The number of nitrogens with zero attached hydrogens (tertiary/aromatic N) is 3. The van der Waals surface area contributed by atoms with Crippen LogP contribution < -0.4 is 0 Å². The van der Waals surface area contributed by atoms with Gasteiger partial charge in [0, 0.05) is 24.6 Å². The molecule has 0 unspecified atom stereocenters. The lowest BCUT2D eigenvalue weighted by molar-refractivity contribution is -0.152. The fourth-order valence-electron chi connectivity index (χ4n) is 5.35. The summed E-state index contributed by atoms with van der Waals surface area (Å²) < 4.78 is 27.2. The maximum atomic E-state index is 11.8. The molecule has 2 fully saturated rings. The first-order valence-corrected chi connectivity index (χ1v) is 11.0. The molecule has 3 heterocycles. The summed E-state index contributed by atoms with van der Waals surface area (Å²) in [5.74, 6) is 0.149. The lowest BCUT2D eigenvalue weighted by Crippen LogP contribution is -2.59. The molecule has 0 bridgehead atoms. The number of sulfonamides is 1. The topological polar surface area (TPSA) is 75.4 Å². The van der Waals surface area contributed by atoms with Gasteiger partial charge in [-0.1, -0.05) is 24.3 Å². The highest BCUT2D eigenvalue weighted by molar-refractivity contribution is 7.88. The highest BCUT2D eigenvalue weighted by atomic mass is 32.2. The Balaban J connectivity index is 1.40. The Bertz CT molecular complexity index is 960. The number of imidazole rings is 1. The van der Waals surface area contributed by atoms with Gasteiger partial charge in [-0.3, -0.25) is 0 Å². The van der Waals surface area contributed by atoms with Crippen LogP contribution in [-0.4, -0.2) is 52.8 Å². The Morgan fingerprint density at radius 3 is 2.65 bits per heavy atom. The van der Waals surface area contributed by atoms with Gasteiger partial charge in [0.25, 0.3) is 0 Å². The van der Waals surface area contributed by atoms with E-state index in [-0.39, 0.29) is 17.4 Å². The van der Waals surface area contributed by atoms with Crippen molar-refractivity contribution in [2.24, 2.45) is 11.3 Å².